The van der Waals surface area contributed by atoms with Gasteiger partial charge < -0.3 is 15.4 Å². The molecule has 176 valence electrons. The maximum atomic E-state index is 13.0. The minimum absolute atomic E-state index is 0.0444. The monoisotopic (exact) mass is 442 g/mol. The van der Waals surface area contributed by atoms with Crippen LogP contribution in [0.15, 0.2) is 24.3 Å². The molecule has 2 saturated heterocycles. The van der Waals surface area contributed by atoms with E-state index in [1.165, 1.54) is 32.1 Å². The van der Waals surface area contributed by atoms with Crippen molar-refractivity contribution >= 4 is 11.8 Å². The summed E-state index contributed by atoms with van der Waals surface area (Å²) >= 11 is 0. The summed E-state index contributed by atoms with van der Waals surface area (Å²) in [5.41, 5.74) is 1.05. The maximum Gasteiger partial charge on any atom is 0.239 e. The van der Waals surface area contributed by atoms with Crippen LogP contribution >= 0.6 is 0 Å². The molecule has 3 atom stereocenters. The molecule has 0 bridgehead atoms. The molecular weight excluding hydrogens is 404 g/mol. The second kappa shape index (κ2) is 10.7. The molecule has 2 heterocycles. The number of carbonyl (C=O) groups excluding carboxylic acids is 2. The minimum atomic E-state index is -0.0444. The van der Waals surface area contributed by atoms with E-state index in [2.05, 4.69) is 27.5 Å². The zero-order chi connectivity index (χ0) is 22.5. The van der Waals surface area contributed by atoms with Gasteiger partial charge in [-0.2, -0.15) is 0 Å². The second-order valence-electron chi connectivity index (χ2n) is 9.56. The molecule has 0 spiro atoms. The summed E-state index contributed by atoms with van der Waals surface area (Å²) in [5, 5.41) is 6.21. The van der Waals surface area contributed by atoms with E-state index in [-0.39, 0.29) is 29.9 Å². The molecule has 32 heavy (non-hydrogen) atoms. The van der Waals surface area contributed by atoms with E-state index < -0.39 is 0 Å². The van der Waals surface area contributed by atoms with Crippen LogP contribution in [0.4, 0.5) is 0 Å². The molecule has 0 aromatic heterocycles. The zero-order valence-corrected chi connectivity index (χ0v) is 19.5. The van der Waals surface area contributed by atoms with Gasteiger partial charge in [0.1, 0.15) is 11.8 Å². The van der Waals surface area contributed by atoms with Gasteiger partial charge in [0.2, 0.25) is 11.8 Å². The van der Waals surface area contributed by atoms with Gasteiger partial charge >= 0.3 is 0 Å². The van der Waals surface area contributed by atoms with Crippen LogP contribution in [0.25, 0.3) is 0 Å². The van der Waals surface area contributed by atoms with Gasteiger partial charge in [0, 0.05) is 44.2 Å². The Morgan fingerprint density at radius 1 is 1.16 bits per heavy atom. The Labute approximate surface area is 191 Å². The first kappa shape index (κ1) is 23.1. The lowest BCUT2D eigenvalue weighted by Crippen LogP contribution is -2.53. The number of hydrogen-bond acceptors (Lipinski definition) is 5. The predicted molar refractivity (Wildman–Crippen MR) is 124 cm³/mol. The van der Waals surface area contributed by atoms with E-state index in [1.807, 2.05) is 24.3 Å². The van der Waals surface area contributed by atoms with Gasteiger partial charge in [-0.05, 0) is 50.4 Å². The molecule has 3 aliphatic rings. The first-order valence-electron chi connectivity index (χ1n) is 12.2. The first-order chi connectivity index (χ1) is 15.6. The number of benzene rings is 1. The summed E-state index contributed by atoms with van der Waals surface area (Å²) < 4.78 is 5.17. The number of carbonyl (C=O) groups is 2. The van der Waals surface area contributed by atoms with E-state index >= 15 is 0 Å². The summed E-state index contributed by atoms with van der Waals surface area (Å²) in [4.78, 5) is 30.4. The van der Waals surface area contributed by atoms with Crippen molar-refractivity contribution in [2.45, 2.75) is 82.1 Å². The van der Waals surface area contributed by atoms with Crippen molar-refractivity contribution in [1.29, 1.82) is 0 Å². The lowest BCUT2D eigenvalue weighted by Gasteiger charge is -2.37. The quantitative estimate of drug-likeness (QED) is 0.678. The third-order valence-corrected chi connectivity index (χ3v) is 7.68. The summed E-state index contributed by atoms with van der Waals surface area (Å²) in [6, 6.07) is 8.67. The Hall–Kier alpha value is -2.12. The van der Waals surface area contributed by atoms with E-state index in [0.717, 1.165) is 30.7 Å². The number of likely N-dealkylation sites (tertiary alicyclic amines) is 1. The number of ether oxygens (including phenoxy) is 1. The SMILES string of the molecule is COc1ccc(CNC(=O)CCC2CNC(=O)C3C(CCN3C3CCCCC3)N2C)cc1. The van der Waals surface area contributed by atoms with Crippen LogP contribution in [0.3, 0.4) is 0 Å². The number of hydrogen-bond donors (Lipinski definition) is 2. The van der Waals surface area contributed by atoms with Crippen LogP contribution in [-0.2, 0) is 16.1 Å². The molecule has 2 N–H and O–H groups in total. The standard InChI is InChI=1S/C25H38N4O3/c1-28-20(10-13-23(30)26-16-18-8-11-21(32-2)12-9-18)17-27-25(31)24-22(28)14-15-29(24)19-6-4-3-5-7-19/h8-9,11-12,19-20,22,24H,3-7,10,13-17H2,1-2H3,(H,26,30)(H,27,31). The molecule has 1 aromatic rings. The highest BCUT2D eigenvalue weighted by molar-refractivity contribution is 5.83. The Kier molecular flexibility index (Phi) is 7.68. The molecule has 1 aromatic carbocycles. The predicted octanol–water partition coefficient (Wildman–Crippen LogP) is 2.30. The van der Waals surface area contributed by atoms with Crippen molar-refractivity contribution in [3.05, 3.63) is 29.8 Å². The Balaban J connectivity index is 1.29. The highest BCUT2D eigenvalue weighted by Gasteiger charge is 2.47. The minimum Gasteiger partial charge on any atom is -0.497 e. The van der Waals surface area contributed by atoms with Crippen molar-refractivity contribution < 1.29 is 14.3 Å². The number of amides is 2. The first-order valence-corrected chi connectivity index (χ1v) is 12.2. The Morgan fingerprint density at radius 3 is 2.62 bits per heavy atom. The van der Waals surface area contributed by atoms with Crippen molar-refractivity contribution in [2.75, 3.05) is 27.2 Å². The summed E-state index contributed by atoms with van der Waals surface area (Å²) in [5.74, 6) is 1.04. The highest BCUT2D eigenvalue weighted by Crippen LogP contribution is 2.33. The molecule has 7 nitrogen and oxygen atoms in total. The van der Waals surface area contributed by atoms with Crippen molar-refractivity contribution in [1.82, 2.24) is 20.4 Å². The molecule has 7 heteroatoms. The molecule has 1 aliphatic carbocycles. The van der Waals surface area contributed by atoms with Gasteiger partial charge in [-0.1, -0.05) is 31.4 Å². The fraction of sp³-hybridized carbons (Fsp3) is 0.680. The molecule has 3 unspecified atom stereocenters. The van der Waals surface area contributed by atoms with Crippen LogP contribution in [0.1, 0.15) is 56.9 Å². The lowest BCUT2D eigenvalue weighted by molar-refractivity contribution is -0.127. The number of fused-ring (bicyclic) bond motifs is 1. The van der Waals surface area contributed by atoms with Gasteiger partial charge in [0.15, 0.2) is 0 Å². The Bertz CT molecular complexity index is 778. The van der Waals surface area contributed by atoms with Crippen molar-refractivity contribution in [2.24, 2.45) is 0 Å². The van der Waals surface area contributed by atoms with E-state index in [1.54, 1.807) is 7.11 Å². The summed E-state index contributed by atoms with van der Waals surface area (Å²) in [6.07, 6.45) is 8.57. The summed E-state index contributed by atoms with van der Waals surface area (Å²) in [6.45, 7) is 2.14. The van der Waals surface area contributed by atoms with Gasteiger partial charge in [0.05, 0.1) is 7.11 Å². The van der Waals surface area contributed by atoms with Crippen molar-refractivity contribution in [3.63, 3.8) is 0 Å². The molecule has 0 radical (unpaired) electrons. The van der Waals surface area contributed by atoms with E-state index in [4.69, 9.17) is 4.74 Å². The zero-order valence-electron chi connectivity index (χ0n) is 19.5. The fourth-order valence-electron chi connectivity index (χ4n) is 5.75. The largest absolute Gasteiger partial charge is 0.497 e. The summed E-state index contributed by atoms with van der Waals surface area (Å²) in [7, 11) is 3.78. The number of methoxy groups -OCH3 is 1. The third-order valence-electron chi connectivity index (χ3n) is 7.68. The molecule has 1 saturated carbocycles. The average molecular weight is 443 g/mol. The van der Waals surface area contributed by atoms with Gasteiger partial charge in [-0.25, -0.2) is 0 Å². The smallest absolute Gasteiger partial charge is 0.239 e. The van der Waals surface area contributed by atoms with E-state index in [0.29, 0.717) is 25.6 Å². The average Bonchev–Trinajstić information content (AvgIpc) is 3.24. The van der Waals surface area contributed by atoms with Crippen LogP contribution in [0.5, 0.6) is 5.75 Å². The number of nitrogens with zero attached hydrogens (tertiary/aromatic N) is 2. The van der Waals surface area contributed by atoms with Gasteiger partial charge in [-0.15, -0.1) is 0 Å². The van der Waals surface area contributed by atoms with Crippen LogP contribution < -0.4 is 15.4 Å². The number of nitrogens with one attached hydrogen (secondary N) is 2. The third kappa shape index (κ3) is 5.26. The second-order valence-corrected chi connectivity index (χ2v) is 9.56. The number of likely N-dealkylation sites (N-methyl/N-ethyl adjacent to an activating group) is 1. The van der Waals surface area contributed by atoms with Crippen molar-refractivity contribution in [3.8, 4) is 5.75 Å². The molecule has 2 amide bonds. The van der Waals surface area contributed by atoms with Gasteiger partial charge in [-0.3, -0.25) is 19.4 Å². The lowest BCUT2D eigenvalue weighted by atomic mass is 9.93. The topological polar surface area (TPSA) is 73.9 Å². The fourth-order valence-corrected chi connectivity index (χ4v) is 5.75. The molecule has 2 aliphatic heterocycles. The number of rotatable bonds is 7. The highest BCUT2D eigenvalue weighted by atomic mass is 16.5. The van der Waals surface area contributed by atoms with Crippen LogP contribution in [0, 0.1) is 0 Å². The van der Waals surface area contributed by atoms with Crippen LogP contribution in [0.2, 0.25) is 0 Å². The normalized spacial score (nSPS) is 27.4. The van der Waals surface area contributed by atoms with Gasteiger partial charge in [0.25, 0.3) is 0 Å². The maximum absolute atomic E-state index is 13.0. The molecule has 3 fully saturated rings. The molecular formula is C25H38N4O3. The molecule has 4 rings (SSSR count). The van der Waals surface area contributed by atoms with Crippen LogP contribution in [-0.4, -0.2) is 73.0 Å². The Morgan fingerprint density at radius 2 is 1.91 bits per heavy atom. The van der Waals surface area contributed by atoms with E-state index in [9.17, 15) is 9.59 Å².